The van der Waals surface area contributed by atoms with Crippen LogP contribution in [0.25, 0.3) is 0 Å². The van der Waals surface area contributed by atoms with Crippen LogP contribution in [0.2, 0.25) is 5.02 Å². The Labute approximate surface area is 849 Å². The fourth-order valence-corrected chi connectivity index (χ4v) is 24.4. The number of esters is 3. The number of para-hydroxylation sites is 1. The quantitative estimate of drug-likeness (QED) is 0.0355. The third kappa shape index (κ3) is 30.2. The van der Waals surface area contributed by atoms with Crippen LogP contribution in [0, 0.1) is 69.5 Å². The number of hydrogen-bond acceptors (Lipinski definition) is 11. The maximum atomic E-state index is 12.9. The minimum atomic E-state index is -4.66. The zero-order valence-corrected chi connectivity index (χ0v) is 89.1. The summed E-state index contributed by atoms with van der Waals surface area (Å²) in [5.74, 6) is 16.4. The highest BCUT2D eigenvalue weighted by Crippen LogP contribution is 2.64. The first-order chi connectivity index (χ1) is 67.2. The Morgan fingerprint density at radius 3 is 0.738 bits per heavy atom. The van der Waals surface area contributed by atoms with Crippen molar-refractivity contribution in [2.24, 2.45) is 69.5 Å². The van der Waals surface area contributed by atoms with Crippen molar-refractivity contribution in [3.05, 3.63) is 279 Å². The Morgan fingerprint density at radius 1 is 0.333 bits per heavy atom. The second-order valence-corrected chi connectivity index (χ2v) is 45.0. The molecule has 1 heterocycles. The summed E-state index contributed by atoms with van der Waals surface area (Å²) in [6, 6.07) is 69.1. The minimum absolute atomic E-state index is 0.0490. The number of aromatic hydroxyl groups is 3. The van der Waals surface area contributed by atoms with Gasteiger partial charge in [-0.3, -0.25) is 14.4 Å². The number of ether oxygens (including phenoxy) is 4. The molecule has 1 aliphatic heterocycles. The molecule has 11 atom stereocenters. The molecular weight excluding hydrogens is 1780 g/mol. The average molecular weight is 1950 g/mol. The molecule has 22 rings (SSSR count). The number of hydrogen-bond donors (Lipinski definition) is 4. The summed E-state index contributed by atoms with van der Waals surface area (Å²) in [7, 11) is 0. The van der Waals surface area contributed by atoms with Crippen molar-refractivity contribution in [3.63, 3.8) is 0 Å². The fraction of sp³-hybridized carbons (Fsp3) is 0.548. The van der Waals surface area contributed by atoms with Crippen LogP contribution in [-0.2, 0) is 20.0 Å². The predicted octanol–water partition coefficient (Wildman–Crippen LogP) is 35.1. The van der Waals surface area contributed by atoms with Crippen molar-refractivity contribution in [1.82, 2.24) is 0 Å². The molecule has 4 N–H and O–H groups in total. The van der Waals surface area contributed by atoms with Gasteiger partial charge in [0.2, 0.25) is 0 Å². The number of carbonyl (C=O) groups is 3. The summed E-state index contributed by atoms with van der Waals surface area (Å²) in [4.78, 5) is 38.8. The Hall–Kier alpha value is -9.37. The van der Waals surface area contributed by atoms with Gasteiger partial charge in [0.25, 0.3) is 0 Å². The molecule has 0 radical (unpaired) electrons. The maximum Gasteiger partial charge on any atom is 0.421 e. The molecule has 0 amide bonds. The molecule has 11 unspecified atom stereocenters. The van der Waals surface area contributed by atoms with Crippen LogP contribution in [0.3, 0.4) is 0 Å². The molecule has 766 valence electrons. The van der Waals surface area contributed by atoms with Crippen molar-refractivity contribution in [2.75, 3.05) is 0 Å². The molecule has 15 heteroatoms. The van der Waals surface area contributed by atoms with Crippen molar-refractivity contribution >= 4 is 29.5 Å². The molecule has 13 aliphatic rings. The zero-order chi connectivity index (χ0) is 102. The molecule has 9 aromatic carbocycles. The Bertz CT molecular complexity index is 4730. The first-order valence-electron chi connectivity index (χ1n) is 53.9. The van der Waals surface area contributed by atoms with Gasteiger partial charge in [-0.1, -0.05) is 257 Å². The first kappa shape index (κ1) is 112. The number of aliphatic hydroxyl groups is 1. The Balaban J connectivity index is 0.000000155. The Morgan fingerprint density at radius 2 is 0.532 bits per heavy atom. The highest BCUT2D eigenvalue weighted by Gasteiger charge is 2.59. The molecule has 12 saturated carbocycles. The number of benzene rings is 9. The molecule has 0 aromatic heterocycles. The molecule has 12 fully saturated rings. The number of carbonyl (C=O) groups excluding carboxylic acids is 3. The minimum Gasteiger partial charge on any atom is -0.508 e. The smallest absolute Gasteiger partial charge is 0.421 e. The van der Waals surface area contributed by atoms with E-state index >= 15 is 0 Å². The first-order valence-corrected chi connectivity index (χ1v) is 54.3. The fourth-order valence-electron chi connectivity index (χ4n) is 24.2. The van der Waals surface area contributed by atoms with Crippen molar-refractivity contribution in [2.45, 2.75) is 370 Å². The maximum absolute atomic E-state index is 12.9. The summed E-state index contributed by atoms with van der Waals surface area (Å²) < 4.78 is 60.9. The van der Waals surface area contributed by atoms with Gasteiger partial charge >= 0.3 is 24.1 Å². The molecule has 0 saturated heterocycles. The van der Waals surface area contributed by atoms with E-state index in [0.29, 0.717) is 76.6 Å². The highest BCUT2D eigenvalue weighted by molar-refractivity contribution is 6.30. The number of halogens is 4. The monoisotopic (exact) mass is 1950 g/mol. The van der Waals surface area contributed by atoms with E-state index in [2.05, 4.69) is 171 Å². The molecule has 12 aliphatic carbocycles. The van der Waals surface area contributed by atoms with Gasteiger partial charge in [0.1, 0.15) is 46.4 Å². The van der Waals surface area contributed by atoms with Crippen LogP contribution in [0.15, 0.2) is 218 Å². The van der Waals surface area contributed by atoms with Gasteiger partial charge < -0.3 is 39.4 Å². The van der Waals surface area contributed by atoms with Crippen LogP contribution in [0.4, 0.5) is 13.2 Å². The predicted molar refractivity (Wildman–Crippen MR) is 570 cm³/mol. The van der Waals surface area contributed by atoms with Crippen LogP contribution < -0.4 is 18.9 Å². The largest absolute Gasteiger partial charge is 0.508 e. The van der Waals surface area contributed by atoms with Gasteiger partial charge in [-0.15, -0.1) is 0 Å². The molecule has 11 nitrogen and oxygen atoms in total. The lowest BCUT2D eigenvalue weighted by Gasteiger charge is -2.55. The van der Waals surface area contributed by atoms with E-state index in [0.717, 1.165) is 197 Å². The van der Waals surface area contributed by atoms with Gasteiger partial charge in [-0.2, -0.15) is 13.2 Å². The van der Waals surface area contributed by atoms with Crippen LogP contribution >= 0.6 is 11.6 Å². The van der Waals surface area contributed by atoms with Crippen molar-refractivity contribution < 1.29 is 66.9 Å². The van der Waals surface area contributed by atoms with Crippen LogP contribution in [0.1, 0.15) is 407 Å². The summed E-state index contributed by atoms with van der Waals surface area (Å²) in [5, 5.41) is 37.3. The summed E-state index contributed by atoms with van der Waals surface area (Å²) in [6.45, 7) is 39.9. The SMILES string of the molecule is CC1Oc2ccccc2C1C.CCC(C)c1ccc(C(C)(O)C(F)(F)F)cc1.CCC(C)c1ccc(Cl)cc1.CCC(C)c1ccc(O)cc1.CCC(C)c1ccc(O)cc1.CCC(C)c1ccc(O)cc1.CCC(C)c1ccc(OC(=O)C23CC4CC(CC(C4)C2)C3)cc1.CCC(C)c1ccc(OC(=O)C23CC4CC(CC(C4)C2)C3)cc1.CCC(C)c1ccc(OC(=O)C23CC4CC(CC(C4)C2)C3)cc1. The number of phenolic OH excluding ortho intramolecular Hbond substituents is 3. The van der Waals surface area contributed by atoms with Gasteiger partial charge in [-0.25, -0.2) is 0 Å². The van der Waals surface area contributed by atoms with Gasteiger partial charge in [-0.05, 0) is 422 Å². The normalized spacial score (nSPS) is 25.9. The van der Waals surface area contributed by atoms with E-state index in [9.17, 15) is 32.7 Å². The lowest BCUT2D eigenvalue weighted by atomic mass is 9.49. The zero-order valence-electron chi connectivity index (χ0n) is 88.3. The molecular formula is C126H168ClF3O11. The molecule has 9 aromatic rings. The summed E-state index contributed by atoms with van der Waals surface area (Å²) >= 11 is 5.76. The van der Waals surface area contributed by atoms with E-state index in [1.54, 1.807) is 48.5 Å². The third-order valence-corrected chi connectivity index (χ3v) is 34.4. The third-order valence-electron chi connectivity index (χ3n) is 34.1. The van der Waals surface area contributed by atoms with Crippen LogP contribution in [-0.4, -0.2) is 50.6 Å². The van der Waals surface area contributed by atoms with Gasteiger partial charge in [0, 0.05) is 16.5 Å². The van der Waals surface area contributed by atoms with Crippen molar-refractivity contribution in [1.29, 1.82) is 0 Å². The number of rotatable bonds is 23. The van der Waals surface area contributed by atoms with E-state index in [1.807, 2.05) is 111 Å². The molecule has 141 heavy (non-hydrogen) atoms. The number of fused-ring (bicyclic) bond motifs is 1. The number of phenols is 3. The lowest BCUT2D eigenvalue weighted by Crippen LogP contribution is -2.51. The molecule has 0 spiro atoms. The molecule has 12 bridgehead atoms. The van der Waals surface area contributed by atoms with E-state index in [1.165, 1.54) is 121 Å². The van der Waals surface area contributed by atoms with E-state index in [-0.39, 0.29) is 39.7 Å². The second-order valence-electron chi connectivity index (χ2n) is 44.6. The second kappa shape index (κ2) is 51.4. The summed E-state index contributed by atoms with van der Waals surface area (Å²) in [5.41, 5.74) is 8.15. The van der Waals surface area contributed by atoms with E-state index < -0.39 is 11.8 Å². The highest BCUT2D eigenvalue weighted by atomic mass is 35.5. The average Bonchev–Trinajstić information content (AvgIpc) is 1.39. The standard InChI is InChI=1S/3C21H28O2.C13H17F3O.C10H13Cl.C10H12O.3C10H14O/c3*1-3-14(2)18-4-6-19(7-5-18)23-20(22)21-11-15-8-16(12-21)10-17(9-15)13-21;1-4-9(2)10-5-7-11(8-6-10)12(3,17)13(14,15)16;1-3-8(2)9-4-6-10(11)7-5-9;1-7-8(2)11-10-6-4-3-5-9(7)10;3*1-3-8(2)9-4-6-10(11)7-5-9/h3*4-7,14-17H,3,8-13H2,1-2H3;5-9,17H,4H2,1-3H3;4-8H,3H2,1-2H3;3-8H,1-2H3;3*4-8,11H,3H2,1-2H3. The summed E-state index contributed by atoms with van der Waals surface area (Å²) in [6.07, 6.45) is 26.5. The topological polar surface area (TPSA) is 169 Å². The van der Waals surface area contributed by atoms with Gasteiger partial charge in [0.15, 0.2) is 5.60 Å². The Kier molecular flexibility index (Phi) is 40.8. The van der Waals surface area contributed by atoms with Crippen molar-refractivity contribution in [3.8, 4) is 40.2 Å². The van der Waals surface area contributed by atoms with E-state index in [4.69, 9.17) is 45.9 Å². The lowest BCUT2D eigenvalue weighted by molar-refractivity contribution is -0.258. The number of alkyl halides is 3. The van der Waals surface area contributed by atoms with Gasteiger partial charge in [0.05, 0.1) is 16.2 Å². The van der Waals surface area contributed by atoms with Crippen LogP contribution in [0.5, 0.6) is 40.2 Å².